The summed E-state index contributed by atoms with van der Waals surface area (Å²) in [5, 5.41) is 6.28. The van der Waals surface area contributed by atoms with Gasteiger partial charge in [0.2, 0.25) is 5.13 Å². The van der Waals surface area contributed by atoms with Crippen LogP contribution >= 0.6 is 11.3 Å². The smallest absolute Gasteiger partial charge is 0.205 e. The molecule has 0 fully saturated rings. The first-order valence-electron chi connectivity index (χ1n) is 6.61. The summed E-state index contributed by atoms with van der Waals surface area (Å²) in [4.78, 5) is 3.99. The van der Waals surface area contributed by atoms with Crippen LogP contribution in [0.5, 0.6) is 5.75 Å². The first kappa shape index (κ1) is 15.2. The van der Waals surface area contributed by atoms with E-state index in [1.54, 1.807) is 17.5 Å². The van der Waals surface area contributed by atoms with Gasteiger partial charge in [0.05, 0.1) is 12.8 Å². The van der Waals surface area contributed by atoms with E-state index in [4.69, 9.17) is 10.5 Å². The van der Waals surface area contributed by atoms with Gasteiger partial charge in [-0.3, -0.25) is 5.43 Å². The molecule has 1 aromatic carbocycles. The molecule has 0 radical (unpaired) electrons. The lowest BCUT2D eigenvalue weighted by molar-refractivity contribution is 0.294. The Bertz CT molecular complexity index is 615. The second kappa shape index (κ2) is 7.58. The van der Waals surface area contributed by atoms with E-state index in [1.165, 1.54) is 23.6 Å². The number of nitrogens with one attached hydrogen (secondary N) is 1. The third-order valence-electron chi connectivity index (χ3n) is 2.61. The maximum atomic E-state index is 13.8. The number of thiazole rings is 1. The summed E-state index contributed by atoms with van der Waals surface area (Å²) in [5.74, 6) is 0.312. The maximum absolute atomic E-state index is 13.8. The van der Waals surface area contributed by atoms with E-state index in [1.807, 2.05) is 0 Å². The first-order valence-corrected chi connectivity index (χ1v) is 7.49. The Morgan fingerprint density at radius 3 is 3.05 bits per heavy atom. The summed E-state index contributed by atoms with van der Waals surface area (Å²) in [6, 6.07) is 4.72. The molecule has 0 spiro atoms. The molecule has 1 aromatic heterocycles. The molecular formula is C14H17FN4OS. The van der Waals surface area contributed by atoms with Crippen LogP contribution in [0.4, 0.5) is 15.3 Å². The van der Waals surface area contributed by atoms with Gasteiger partial charge in [0.25, 0.3) is 0 Å². The molecule has 0 unspecified atom stereocenters. The van der Waals surface area contributed by atoms with Crippen molar-refractivity contribution in [3.05, 3.63) is 35.0 Å². The highest BCUT2D eigenvalue weighted by molar-refractivity contribution is 7.14. The van der Waals surface area contributed by atoms with Crippen molar-refractivity contribution in [2.45, 2.75) is 19.8 Å². The van der Waals surface area contributed by atoms with Crippen LogP contribution in [-0.2, 0) is 0 Å². The van der Waals surface area contributed by atoms with Gasteiger partial charge in [0.15, 0.2) is 11.6 Å². The van der Waals surface area contributed by atoms with Crippen molar-refractivity contribution < 1.29 is 9.13 Å². The number of hydrogen-bond donors (Lipinski definition) is 2. The van der Waals surface area contributed by atoms with Gasteiger partial charge in [-0.25, -0.2) is 9.37 Å². The molecule has 2 aromatic rings. The number of benzene rings is 1. The monoisotopic (exact) mass is 308 g/mol. The predicted octanol–water partition coefficient (Wildman–Crippen LogP) is 3.49. The highest BCUT2D eigenvalue weighted by Crippen LogP contribution is 2.18. The van der Waals surface area contributed by atoms with E-state index in [0.717, 1.165) is 12.8 Å². The molecular weight excluding hydrogens is 291 g/mol. The molecule has 112 valence electrons. The Kier molecular flexibility index (Phi) is 5.51. The minimum Gasteiger partial charge on any atom is -0.491 e. The van der Waals surface area contributed by atoms with Crippen LogP contribution in [-0.4, -0.2) is 17.8 Å². The lowest BCUT2D eigenvalue weighted by Crippen LogP contribution is -1.99. The Hall–Kier alpha value is -2.15. The zero-order valence-corrected chi connectivity index (χ0v) is 12.5. The number of hydrazone groups is 1. The minimum atomic E-state index is -0.395. The van der Waals surface area contributed by atoms with Crippen LogP contribution in [0.15, 0.2) is 28.7 Å². The highest BCUT2D eigenvalue weighted by Gasteiger charge is 2.03. The van der Waals surface area contributed by atoms with Crippen molar-refractivity contribution in [1.82, 2.24) is 4.98 Å². The first-order chi connectivity index (χ1) is 10.2. The molecule has 0 aliphatic carbocycles. The zero-order chi connectivity index (χ0) is 15.1. The van der Waals surface area contributed by atoms with Gasteiger partial charge in [-0.05, 0) is 30.2 Å². The lowest BCUT2D eigenvalue weighted by Gasteiger charge is -2.06. The Morgan fingerprint density at radius 1 is 1.52 bits per heavy atom. The lowest BCUT2D eigenvalue weighted by atomic mass is 10.2. The van der Waals surface area contributed by atoms with Crippen LogP contribution in [0.25, 0.3) is 0 Å². The second-order valence-corrected chi connectivity index (χ2v) is 5.20. The average Bonchev–Trinajstić information content (AvgIpc) is 2.87. The molecule has 0 bridgehead atoms. The van der Waals surface area contributed by atoms with Gasteiger partial charge in [0, 0.05) is 5.38 Å². The van der Waals surface area contributed by atoms with Crippen molar-refractivity contribution in [3.8, 4) is 5.75 Å². The number of nitrogens with zero attached hydrogens (tertiary/aromatic N) is 2. The summed E-state index contributed by atoms with van der Waals surface area (Å²) >= 11 is 1.35. The second-order valence-electron chi connectivity index (χ2n) is 4.34. The van der Waals surface area contributed by atoms with E-state index in [-0.39, 0.29) is 5.75 Å². The molecule has 0 aliphatic rings. The summed E-state index contributed by atoms with van der Waals surface area (Å²) in [6.07, 6.45) is 3.43. The normalized spacial score (nSPS) is 11.0. The minimum absolute atomic E-state index is 0.265. The van der Waals surface area contributed by atoms with E-state index in [9.17, 15) is 4.39 Å². The number of ether oxygens (including phenoxy) is 1. The number of halogens is 1. The molecule has 0 atom stereocenters. The van der Waals surface area contributed by atoms with E-state index in [2.05, 4.69) is 22.4 Å². The Morgan fingerprint density at radius 2 is 2.38 bits per heavy atom. The van der Waals surface area contributed by atoms with Gasteiger partial charge in [-0.1, -0.05) is 13.3 Å². The largest absolute Gasteiger partial charge is 0.491 e. The van der Waals surface area contributed by atoms with Crippen LogP contribution in [0.2, 0.25) is 0 Å². The molecule has 2 rings (SSSR count). The third kappa shape index (κ3) is 4.71. The third-order valence-corrected chi connectivity index (χ3v) is 3.37. The molecule has 7 heteroatoms. The molecule has 1 heterocycles. The van der Waals surface area contributed by atoms with Crippen molar-refractivity contribution >= 4 is 28.5 Å². The maximum Gasteiger partial charge on any atom is 0.205 e. The van der Waals surface area contributed by atoms with Crippen molar-refractivity contribution in [2.75, 3.05) is 17.8 Å². The standard InChI is InChI=1S/C14H17FN4OS/c1-2-3-6-20-12-5-4-10(7-11(12)15)8-17-19-14-18-13(16)9-21-14/h4-5,7-9H,2-3,6,16H2,1H3,(H,18,19). The predicted molar refractivity (Wildman–Crippen MR) is 84.5 cm³/mol. The number of aromatic nitrogens is 1. The van der Waals surface area contributed by atoms with Crippen molar-refractivity contribution in [3.63, 3.8) is 0 Å². The van der Waals surface area contributed by atoms with Crippen molar-refractivity contribution in [1.29, 1.82) is 0 Å². The number of nitrogens with two attached hydrogens (primary N) is 1. The molecule has 5 nitrogen and oxygen atoms in total. The van der Waals surface area contributed by atoms with E-state index >= 15 is 0 Å². The van der Waals surface area contributed by atoms with Gasteiger partial charge in [-0.15, -0.1) is 11.3 Å². The average molecular weight is 308 g/mol. The molecule has 3 N–H and O–H groups in total. The summed E-state index contributed by atoms with van der Waals surface area (Å²) < 4.78 is 19.1. The van der Waals surface area contributed by atoms with Gasteiger partial charge >= 0.3 is 0 Å². The van der Waals surface area contributed by atoms with Crippen LogP contribution in [0, 0.1) is 5.82 Å². The van der Waals surface area contributed by atoms with Crippen LogP contribution < -0.4 is 15.9 Å². The molecule has 0 amide bonds. The van der Waals surface area contributed by atoms with Crippen LogP contribution in [0.3, 0.4) is 0 Å². The fourth-order valence-corrected chi connectivity index (χ4v) is 2.09. The van der Waals surface area contributed by atoms with Gasteiger partial charge < -0.3 is 10.5 Å². The van der Waals surface area contributed by atoms with E-state index < -0.39 is 5.82 Å². The summed E-state index contributed by atoms with van der Waals surface area (Å²) in [7, 11) is 0. The fraction of sp³-hybridized carbons (Fsp3) is 0.286. The molecule has 0 saturated heterocycles. The SMILES string of the molecule is CCCCOc1ccc(C=NNc2nc(N)cs2)cc1F. The molecule has 0 saturated carbocycles. The summed E-state index contributed by atoms with van der Waals surface area (Å²) in [6.45, 7) is 2.58. The van der Waals surface area contributed by atoms with Gasteiger partial charge in [-0.2, -0.15) is 5.10 Å². The van der Waals surface area contributed by atoms with E-state index in [0.29, 0.717) is 23.1 Å². The van der Waals surface area contributed by atoms with Crippen molar-refractivity contribution in [2.24, 2.45) is 5.10 Å². The highest BCUT2D eigenvalue weighted by atomic mass is 32.1. The number of hydrogen-bond acceptors (Lipinski definition) is 6. The Balaban J connectivity index is 1.93. The molecule has 21 heavy (non-hydrogen) atoms. The Labute approximate surface area is 126 Å². The van der Waals surface area contributed by atoms with Gasteiger partial charge in [0.1, 0.15) is 5.82 Å². The number of rotatable bonds is 7. The number of anilines is 2. The number of unbranched alkanes of at least 4 members (excludes halogenated alkanes) is 1. The quantitative estimate of drug-likeness (QED) is 0.466. The topological polar surface area (TPSA) is 72.5 Å². The number of nitrogen functional groups attached to an aromatic ring is 1. The van der Waals surface area contributed by atoms with Crippen LogP contribution in [0.1, 0.15) is 25.3 Å². The molecule has 0 aliphatic heterocycles. The fourth-order valence-electron chi connectivity index (χ4n) is 1.54. The summed E-state index contributed by atoms with van der Waals surface area (Å²) in [5.41, 5.74) is 8.86. The zero-order valence-electron chi connectivity index (χ0n) is 11.7.